The molecule has 0 aliphatic carbocycles. The summed E-state index contributed by atoms with van der Waals surface area (Å²) in [5, 5.41) is 16.0. The molecule has 1 heterocycles. The molecule has 0 fully saturated rings. The second-order valence-corrected chi connectivity index (χ2v) is 6.44. The Kier molecular flexibility index (Phi) is 5.02. The fourth-order valence-corrected chi connectivity index (χ4v) is 2.42. The van der Waals surface area contributed by atoms with Gasteiger partial charge in [-0.25, -0.2) is 9.67 Å². The lowest BCUT2D eigenvalue weighted by atomic mass is 9.85. The van der Waals surface area contributed by atoms with Crippen molar-refractivity contribution in [2.24, 2.45) is 5.92 Å². The number of carboxylic acid groups (broad SMARTS) is 1. The van der Waals surface area contributed by atoms with Crippen molar-refractivity contribution in [2.45, 2.75) is 39.7 Å². The molecule has 7 nitrogen and oxygen atoms in total. The number of benzene rings is 1. The monoisotopic (exact) mass is 330 g/mol. The quantitative estimate of drug-likeness (QED) is 0.846. The van der Waals surface area contributed by atoms with E-state index in [-0.39, 0.29) is 18.2 Å². The van der Waals surface area contributed by atoms with E-state index in [2.05, 4.69) is 15.4 Å². The summed E-state index contributed by atoms with van der Waals surface area (Å²) in [6.07, 6.45) is 2.90. The lowest BCUT2D eigenvalue weighted by molar-refractivity contribution is -0.138. The number of hydrogen-bond donors (Lipinski definition) is 2. The Bertz CT molecular complexity index is 740. The van der Waals surface area contributed by atoms with Crippen LogP contribution in [0.25, 0.3) is 5.69 Å². The average Bonchev–Trinajstić information content (AvgIpc) is 2.99. The number of aromatic nitrogens is 3. The molecule has 0 aliphatic heterocycles. The first-order valence-corrected chi connectivity index (χ1v) is 7.73. The normalized spacial score (nSPS) is 13.5. The summed E-state index contributed by atoms with van der Waals surface area (Å²) in [4.78, 5) is 27.6. The zero-order valence-electron chi connectivity index (χ0n) is 14.3. The predicted molar refractivity (Wildman–Crippen MR) is 89.1 cm³/mol. The van der Waals surface area contributed by atoms with Gasteiger partial charge in [-0.3, -0.25) is 9.59 Å². The van der Waals surface area contributed by atoms with Gasteiger partial charge in [0.15, 0.2) is 0 Å². The molecule has 0 bridgehead atoms. The van der Waals surface area contributed by atoms with Crippen LogP contribution in [0.1, 0.15) is 43.1 Å². The Labute approximate surface area is 140 Å². The van der Waals surface area contributed by atoms with Crippen molar-refractivity contribution in [3.63, 3.8) is 0 Å². The number of amides is 1. The summed E-state index contributed by atoms with van der Waals surface area (Å²) in [5.41, 5.74) is 1.37. The van der Waals surface area contributed by atoms with Gasteiger partial charge in [-0.05, 0) is 43.5 Å². The molecule has 1 aromatic carbocycles. The summed E-state index contributed by atoms with van der Waals surface area (Å²) in [6.45, 7) is 7.41. The second kappa shape index (κ2) is 6.82. The largest absolute Gasteiger partial charge is 0.481 e. The van der Waals surface area contributed by atoms with Crippen LogP contribution < -0.4 is 5.32 Å². The van der Waals surface area contributed by atoms with Gasteiger partial charge in [0, 0.05) is 5.56 Å². The molecule has 0 saturated heterocycles. The molecule has 2 aromatic rings. The molecule has 128 valence electrons. The molecular formula is C17H22N4O3. The Morgan fingerprint density at radius 1 is 1.38 bits per heavy atom. The van der Waals surface area contributed by atoms with Gasteiger partial charge in [0.25, 0.3) is 5.91 Å². The number of carbonyl (C=O) groups excluding carboxylic acids is 1. The summed E-state index contributed by atoms with van der Waals surface area (Å²) < 4.78 is 1.62. The summed E-state index contributed by atoms with van der Waals surface area (Å²) in [5.74, 6) is -1.25. The van der Waals surface area contributed by atoms with E-state index in [1.165, 1.54) is 6.33 Å². The SMILES string of the molecule is Cc1cc(C(=O)NC(C)(CC(=O)O)C(C)C)ccc1-n1cncn1. The Balaban J connectivity index is 2.23. The maximum Gasteiger partial charge on any atom is 0.305 e. The number of aliphatic carboxylic acids is 1. The lowest BCUT2D eigenvalue weighted by Crippen LogP contribution is -2.51. The van der Waals surface area contributed by atoms with Crippen LogP contribution in [0.4, 0.5) is 0 Å². The number of carbonyl (C=O) groups is 2. The molecule has 1 unspecified atom stereocenters. The molecule has 2 N–H and O–H groups in total. The van der Waals surface area contributed by atoms with Gasteiger partial charge in [-0.1, -0.05) is 13.8 Å². The zero-order valence-corrected chi connectivity index (χ0v) is 14.3. The standard InChI is InChI=1S/C17H22N4O3/c1-11(2)17(4,8-15(22)23)20-16(24)13-5-6-14(12(3)7-13)21-10-18-9-19-21/h5-7,9-11H,8H2,1-4H3,(H,20,24)(H,22,23). The van der Waals surface area contributed by atoms with Gasteiger partial charge in [0.05, 0.1) is 17.6 Å². The summed E-state index contributed by atoms with van der Waals surface area (Å²) in [7, 11) is 0. The van der Waals surface area contributed by atoms with Crippen LogP contribution >= 0.6 is 0 Å². The van der Waals surface area contributed by atoms with Crippen LogP contribution in [0.2, 0.25) is 0 Å². The highest BCUT2D eigenvalue weighted by Crippen LogP contribution is 2.22. The van der Waals surface area contributed by atoms with Crippen LogP contribution in [-0.4, -0.2) is 37.3 Å². The maximum atomic E-state index is 12.6. The molecule has 1 atom stereocenters. The van der Waals surface area contributed by atoms with Crippen LogP contribution in [0.5, 0.6) is 0 Å². The van der Waals surface area contributed by atoms with E-state index in [0.717, 1.165) is 11.3 Å². The van der Waals surface area contributed by atoms with E-state index in [1.807, 2.05) is 20.8 Å². The van der Waals surface area contributed by atoms with Crippen molar-refractivity contribution in [1.82, 2.24) is 20.1 Å². The molecule has 0 spiro atoms. The third-order valence-electron chi connectivity index (χ3n) is 4.32. The van der Waals surface area contributed by atoms with E-state index < -0.39 is 11.5 Å². The number of nitrogens with one attached hydrogen (secondary N) is 1. The van der Waals surface area contributed by atoms with E-state index in [1.54, 1.807) is 36.1 Å². The fourth-order valence-electron chi connectivity index (χ4n) is 2.42. The van der Waals surface area contributed by atoms with Crippen molar-refractivity contribution in [1.29, 1.82) is 0 Å². The van der Waals surface area contributed by atoms with E-state index in [0.29, 0.717) is 5.56 Å². The van der Waals surface area contributed by atoms with Gasteiger partial charge in [-0.2, -0.15) is 5.10 Å². The van der Waals surface area contributed by atoms with Crippen molar-refractivity contribution in [3.05, 3.63) is 42.0 Å². The summed E-state index contributed by atoms with van der Waals surface area (Å²) >= 11 is 0. The number of carboxylic acids is 1. The average molecular weight is 330 g/mol. The molecule has 1 amide bonds. The highest BCUT2D eigenvalue weighted by atomic mass is 16.4. The van der Waals surface area contributed by atoms with Gasteiger partial charge in [0.1, 0.15) is 12.7 Å². The molecule has 0 saturated carbocycles. The number of nitrogens with zero attached hydrogens (tertiary/aromatic N) is 3. The number of hydrogen-bond acceptors (Lipinski definition) is 4. The first kappa shape index (κ1) is 17.7. The number of aryl methyl sites for hydroxylation is 1. The first-order valence-electron chi connectivity index (χ1n) is 7.73. The van der Waals surface area contributed by atoms with Crippen molar-refractivity contribution in [2.75, 3.05) is 0 Å². The lowest BCUT2D eigenvalue weighted by Gasteiger charge is -2.33. The van der Waals surface area contributed by atoms with Gasteiger partial charge >= 0.3 is 5.97 Å². The third-order valence-corrected chi connectivity index (χ3v) is 4.32. The smallest absolute Gasteiger partial charge is 0.305 e. The minimum Gasteiger partial charge on any atom is -0.481 e. The Hall–Kier alpha value is -2.70. The molecule has 2 rings (SSSR count). The van der Waals surface area contributed by atoms with Crippen LogP contribution in [0.15, 0.2) is 30.9 Å². The minimum atomic E-state index is -0.941. The minimum absolute atomic E-state index is 0.0203. The molecule has 0 radical (unpaired) electrons. The second-order valence-electron chi connectivity index (χ2n) is 6.44. The number of rotatable bonds is 6. The fraction of sp³-hybridized carbons (Fsp3) is 0.412. The Morgan fingerprint density at radius 3 is 2.58 bits per heavy atom. The molecular weight excluding hydrogens is 308 g/mol. The zero-order chi connectivity index (χ0) is 17.9. The first-order chi connectivity index (χ1) is 11.2. The third kappa shape index (κ3) is 3.79. The van der Waals surface area contributed by atoms with Gasteiger partial charge < -0.3 is 10.4 Å². The molecule has 0 aliphatic rings. The molecule has 24 heavy (non-hydrogen) atoms. The highest BCUT2D eigenvalue weighted by Gasteiger charge is 2.33. The van der Waals surface area contributed by atoms with E-state index in [9.17, 15) is 9.59 Å². The van der Waals surface area contributed by atoms with Gasteiger partial charge in [0.2, 0.25) is 0 Å². The van der Waals surface area contributed by atoms with Crippen molar-refractivity contribution < 1.29 is 14.7 Å². The molecule has 1 aromatic heterocycles. The maximum absolute atomic E-state index is 12.6. The highest BCUT2D eigenvalue weighted by molar-refractivity contribution is 5.95. The summed E-state index contributed by atoms with van der Waals surface area (Å²) in [6, 6.07) is 5.25. The van der Waals surface area contributed by atoms with Crippen molar-refractivity contribution >= 4 is 11.9 Å². The van der Waals surface area contributed by atoms with E-state index >= 15 is 0 Å². The van der Waals surface area contributed by atoms with Crippen LogP contribution in [-0.2, 0) is 4.79 Å². The van der Waals surface area contributed by atoms with Crippen LogP contribution in [0, 0.1) is 12.8 Å². The predicted octanol–water partition coefficient (Wildman–Crippen LogP) is 2.19. The molecule has 7 heteroatoms. The van der Waals surface area contributed by atoms with E-state index in [4.69, 9.17) is 5.11 Å². The van der Waals surface area contributed by atoms with Gasteiger partial charge in [-0.15, -0.1) is 0 Å². The van der Waals surface area contributed by atoms with Crippen molar-refractivity contribution in [3.8, 4) is 5.69 Å². The van der Waals surface area contributed by atoms with Crippen LogP contribution in [0.3, 0.4) is 0 Å². The Morgan fingerprint density at radius 2 is 2.08 bits per heavy atom. The topological polar surface area (TPSA) is 97.1 Å².